The average molecular weight is 281 g/mol. The summed E-state index contributed by atoms with van der Waals surface area (Å²) in [5, 5.41) is 0. The number of benzene rings is 1. The normalized spacial score (nSPS) is 11.1. The molecule has 0 bridgehead atoms. The second kappa shape index (κ2) is 5.17. The van der Waals surface area contributed by atoms with Crippen molar-refractivity contribution in [2.24, 2.45) is 0 Å². The van der Waals surface area contributed by atoms with Gasteiger partial charge in [-0.25, -0.2) is 4.98 Å². The number of nitrogen functional groups attached to an aromatic ring is 1. The lowest BCUT2D eigenvalue weighted by atomic mass is 10.1. The number of hydrogen-bond acceptors (Lipinski definition) is 3. The maximum atomic E-state index is 12.2. The highest BCUT2D eigenvalue weighted by Gasteiger charge is 2.31. The Morgan fingerprint density at radius 3 is 2.80 bits per heavy atom. The molecule has 0 spiro atoms. The largest absolute Gasteiger partial charge is 0.573 e. The molecule has 4 nitrogen and oxygen atoms in total. The van der Waals surface area contributed by atoms with E-state index in [0.29, 0.717) is 11.3 Å². The van der Waals surface area contributed by atoms with E-state index in [9.17, 15) is 13.2 Å². The zero-order valence-electron chi connectivity index (χ0n) is 10.2. The zero-order valence-corrected chi connectivity index (χ0v) is 10.2. The first kappa shape index (κ1) is 13.8. The monoisotopic (exact) mass is 281 g/mol. The number of anilines is 1. The fraction of sp³-hybridized carbons (Fsp3) is 0.154. The Morgan fingerprint density at radius 1 is 1.40 bits per heavy atom. The number of ether oxygens (including phenoxy) is 1. The topological polar surface area (TPSA) is 53.1 Å². The number of nitrogens with two attached hydrogens (primary N) is 1. The molecule has 0 unspecified atom stereocenters. The number of imidazole rings is 1. The van der Waals surface area contributed by atoms with E-state index in [2.05, 4.69) is 15.6 Å². The van der Waals surface area contributed by atoms with E-state index >= 15 is 0 Å². The standard InChI is InChI=1S/C13H10F3N3O/c1-2-6-19-8-18-11(12(19)17)9-4-3-5-10(7-9)20-13(14,15)16/h1,3-5,7-8H,6,17H2. The van der Waals surface area contributed by atoms with Crippen LogP contribution < -0.4 is 10.5 Å². The van der Waals surface area contributed by atoms with Crippen LogP contribution >= 0.6 is 0 Å². The fourth-order valence-corrected chi connectivity index (χ4v) is 1.68. The predicted molar refractivity (Wildman–Crippen MR) is 67.6 cm³/mol. The number of hydrogen-bond donors (Lipinski definition) is 1. The van der Waals surface area contributed by atoms with Gasteiger partial charge in [0.05, 0.1) is 12.9 Å². The molecule has 0 saturated carbocycles. The quantitative estimate of drug-likeness (QED) is 0.880. The van der Waals surface area contributed by atoms with Gasteiger partial charge in [0.2, 0.25) is 0 Å². The Kier molecular flexibility index (Phi) is 3.57. The zero-order chi connectivity index (χ0) is 14.8. The summed E-state index contributed by atoms with van der Waals surface area (Å²) in [4.78, 5) is 4.05. The molecule has 2 rings (SSSR count). The Bertz CT molecular complexity index is 656. The minimum atomic E-state index is -4.74. The lowest BCUT2D eigenvalue weighted by Crippen LogP contribution is -2.17. The van der Waals surface area contributed by atoms with E-state index in [4.69, 9.17) is 12.2 Å². The van der Waals surface area contributed by atoms with Crippen LogP contribution in [0.25, 0.3) is 11.3 Å². The number of rotatable bonds is 3. The van der Waals surface area contributed by atoms with E-state index in [1.54, 1.807) is 6.07 Å². The van der Waals surface area contributed by atoms with Crippen molar-refractivity contribution in [3.63, 3.8) is 0 Å². The number of nitrogens with zero attached hydrogens (tertiary/aromatic N) is 2. The highest BCUT2D eigenvalue weighted by Crippen LogP contribution is 2.29. The molecule has 0 radical (unpaired) electrons. The summed E-state index contributed by atoms with van der Waals surface area (Å²) in [6.07, 6.45) is 1.86. The van der Waals surface area contributed by atoms with Crippen LogP contribution in [-0.2, 0) is 6.54 Å². The first-order chi connectivity index (χ1) is 9.40. The van der Waals surface area contributed by atoms with E-state index in [1.165, 1.54) is 29.1 Å². The minimum absolute atomic E-state index is 0.234. The van der Waals surface area contributed by atoms with Gasteiger partial charge in [-0.2, -0.15) is 0 Å². The molecule has 104 valence electrons. The maximum Gasteiger partial charge on any atom is 0.573 e. The third kappa shape index (κ3) is 3.03. The lowest BCUT2D eigenvalue weighted by Gasteiger charge is -2.09. The van der Waals surface area contributed by atoms with Crippen molar-refractivity contribution in [2.45, 2.75) is 12.9 Å². The van der Waals surface area contributed by atoms with Crippen LogP contribution in [0, 0.1) is 12.3 Å². The van der Waals surface area contributed by atoms with Crippen LogP contribution in [0.1, 0.15) is 0 Å². The first-order valence-electron chi connectivity index (χ1n) is 5.51. The van der Waals surface area contributed by atoms with Gasteiger partial charge in [-0.1, -0.05) is 18.1 Å². The summed E-state index contributed by atoms with van der Waals surface area (Å²) >= 11 is 0. The highest BCUT2D eigenvalue weighted by molar-refractivity contribution is 5.71. The van der Waals surface area contributed by atoms with Crippen LogP contribution in [0.2, 0.25) is 0 Å². The summed E-state index contributed by atoms with van der Waals surface area (Å²) in [6.45, 7) is 0.234. The molecule has 1 heterocycles. The Hall–Kier alpha value is -2.62. The Labute approximate surface area is 113 Å². The van der Waals surface area contributed by atoms with Crippen molar-refractivity contribution in [1.29, 1.82) is 0 Å². The molecule has 0 atom stereocenters. The van der Waals surface area contributed by atoms with Gasteiger partial charge < -0.3 is 15.0 Å². The number of terminal acetylenes is 1. The molecule has 0 aliphatic carbocycles. The van der Waals surface area contributed by atoms with E-state index < -0.39 is 6.36 Å². The molecule has 2 N–H and O–H groups in total. The molecule has 20 heavy (non-hydrogen) atoms. The molecule has 1 aromatic carbocycles. The van der Waals surface area contributed by atoms with E-state index in [0.717, 1.165) is 0 Å². The molecule has 0 fully saturated rings. The first-order valence-corrected chi connectivity index (χ1v) is 5.51. The van der Waals surface area contributed by atoms with Crippen molar-refractivity contribution in [1.82, 2.24) is 9.55 Å². The van der Waals surface area contributed by atoms with Gasteiger partial charge in [0, 0.05) is 5.56 Å². The molecule has 0 saturated heterocycles. The molecule has 0 amide bonds. The Morgan fingerprint density at radius 2 is 2.15 bits per heavy atom. The summed E-state index contributed by atoms with van der Waals surface area (Å²) in [7, 11) is 0. The molecule has 0 aliphatic rings. The number of halogens is 3. The molecule has 2 aromatic rings. The summed E-state index contributed by atoms with van der Waals surface area (Å²) in [6, 6.07) is 5.43. The van der Waals surface area contributed by atoms with Crippen molar-refractivity contribution in [3.8, 4) is 29.4 Å². The van der Waals surface area contributed by atoms with Gasteiger partial charge in [0.15, 0.2) is 0 Å². The van der Waals surface area contributed by atoms with E-state index in [1.807, 2.05) is 0 Å². The molecule has 7 heteroatoms. The van der Waals surface area contributed by atoms with Gasteiger partial charge in [-0.05, 0) is 12.1 Å². The molecule has 0 aliphatic heterocycles. The van der Waals surface area contributed by atoms with Crippen LogP contribution in [0.4, 0.5) is 19.0 Å². The van der Waals surface area contributed by atoms with Crippen LogP contribution in [0.5, 0.6) is 5.75 Å². The van der Waals surface area contributed by atoms with Crippen LogP contribution in [-0.4, -0.2) is 15.9 Å². The molecule has 1 aromatic heterocycles. The fourth-order valence-electron chi connectivity index (χ4n) is 1.68. The lowest BCUT2D eigenvalue weighted by molar-refractivity contribution is -0.274. The van der Waals surface area contributed by atoms with E-state index in [-0.39, 0.29) is 18.1 Å². The van der Waals surface area contributed by atoms with Crippen molar-refractivity contribution in [3.05, 3.63) is 30.6 Å². The van der Waals surface area contributed by atoms with Gasteiger partial charge >= 0.3 is 6.36 Å². The van der Waals surface area contributed by atoms with Crippen LogP contribution in [0.3, 0.4) is 0 Å². The average Bonchev–Trinajstić information content (AvgIpc) is 2.70. The summed E-state index contributed by atoms with van der Waals surface area (Å²) in [5.41, 5.74) is 6.61. The predicted octanol–water partition coefficient (Wildman–Crippen LogP) is 2.66. The van der Waals surface area contributed by atoms with Gasteiger partial charge in [0.1, 0.15) is 17.3 Å². The Balaban J connectivity index is 2.34. The number of alkyl halides is 3. The summed E-state index contributed by atoms with van der Waals surface area (Å²) < 4.78 is 41.9. The highest BCUT2D eigenvalue weighted by atomic mass is 19.4. The number of aromatic nitrogens is 2. The van der Waals surface area contributed by atoms with Crippen LogP contribution in [0.15, 0.2) is 30.6 Å². The van der Waals surface area contributed by atoms with Crippen molar-refractivity contribution in [2.75, 3.05) is 5.73 Å². The second-order valence-corrected chi connectivity index (χ2v) is 3.89. The van der Waals surface area contributed by atoms with Crippen molar-refractivity contribution < 1.29 is 17.9 Å². The maximum absolute atomic E-state index is 12.2. The van der Waals surface area contributed by atoms with Gasteiger partial charge in [-0.15, -0.1) is 19.6 Å². The second-order valence-electron chi connectivity index (χ2n) is 3.89. The van der Waals surface area contributed by atoms with Gasteiger partial charge in [0.25, 0.3) is 0 Å². The van der Waals surface area contributed by atoms with Crippen molar-refractivity contribution >= 4 is 5.82 Å². The summed E-state index contributed by atoms with van der Waals surface area (Å²) in [5.74, 6) is 2.35. The van der Waals surface area contributed by atoms with Gasteiger partial charge in [-0.3, -0.25) is 0 Å². The molecular weight excluding hydrogens is 271 g/mol. The SMILES string of the molecule is C#CCn1cnc(-c2cccc(OC(F)(F)F)c2)c1N. The molecular formula is C13H10F3N3O. The third-order valence-corrected chi connectivity index (χ3v) is 2.48. The smallest absolute Gasteiger partial charge is 0.406 e. The minimum Gasteiger partial charge on any atom is -0.406 e. The third-order valence-electron chi connectivity index (χ3n) is 2.48.